The summed E-state index contributed by atoms with van der Waals surface area (Å²) < 4.78 is 28.3. The van der Waals surface area contributed by atoms with Gasteiger partial charge in [0, 0.05) is 31.7 Å². The first-order valence-corrected chi connectivity index (χ1v) is 7.94. The number of hydrogen-bond acceptors (Lipinski definition) is 3. The normalized spacial score (nSPS) is 22.6. The first kappa shape index (κ1) is 15.6. The van der Waals surface area contributed by atoms with Crippen LogP contribution in [0.2, 0.25) is 0 Å². The molecule has 0 saturated carbocycles. The number of piperidine rings is 1. The topological polar surface area (TPSA) is 66.6 Å². The van der Waals surface area contributed by atoms with Gasteiger partial charge >= 0.3 is 0 Å². The average molecular weight is 275 g/mol. The maximum absolute atomic E-state index is 12.6. The molecule has 106 valence electrons. The maximum Gasteiger partial charge on any atom is 0.282 e. The minimum atomic E-state index is -3.43. The van der Waals surface area contributed by atoms with Crippen LogP contribution in [0.25, 0.3) is 0 Å². The van der Waals surface area contributed by atoms with E-state index in [1.165, 1.54) is 4.31 Å². The van der Waals surface area contributed by atoms with Crippen molar-refractivity contribution in [2.24, 2.45) is 5.73 Å². The molecule has 0 aromatic carbocycles. The first-order valence-electron chi connectivity index (χ1n) is 6.54. The highest BCUT2D eigenvalue weighted by Gasteiger charge is 2.36. The Balaban J connectivity index is 2.97. The highest BCUT2D eigenvalue weighted by molar-refractivity contribution is 7.86. The van der Waals surface area contributed by atoms with E-state index in [1.54, 1.807) is 10.4 Å². The van der Waals surface area contributed by atoms with Gasteiger partial charge in [-0.2, -0.15) is 17.0 Å². The lowest BCUT2D eigenvalue weighted by molar-refractivity contribution is 0.230. The Kier molecular flexibility index (Phi) is 5.78. The van der Waals surface area contributed by atoms with E-state index in [1.807, 2.05) is 13.8 Å². The van der Waals surface area contributed by atoms with Crippen molar-refractivity contribution < 1.29 is 8.42 Å². The lowest BCUT2D eigenvalue weighted by atomic mass is 10.1. The average Bonchev–Trinajstić information content (AvgIpc) is 2.35. The molecule has 1 heterocycles. The number of nitrogens with two attached hydrogens (primary N) is 1. The molecule has 1 rings (SSSR count). The van der Waals surface area contributed by atoms with Crippen LogP contribution in [0, 0.1) is 0 Å². The van der Waals surface area contributed by atoms with E-state index in [9.17, 15) is 8.42 Å². The summed E-state index contributed by atoms with van der Waals surface area (Å²) in [4.78, 5) is 0. The first-order chi connectivity index (χ1) is 8.45. The van der Waals surface area contributed by atoms with Crippen LogP contribution in [0.4, 0.5) is 0 Å². The van der Waals surface area contributed by atoms with Gasteiger partial charge in [0.1, 0.15) is 0 Å². The second-order valence-electron chi connectivity index (χ2n) is 4.96. The molecule has 2 N–H and O–H groups in total. The van der Waals surface area contributed by atoms with Gasteiger partial charge in [-0.25, -0.2) is 0 Å². The van der Waals surface area contributed by atoms with Gasteiger partial charge in [0.2, 0.25) is 0 Å². The molecule has 0 aromatic heterocycles. The van der Waals surface area contributed by atoms with Crippen LogP contribution in [0.5, 0.6) is 0 Å². The highest BCUT2D eigenvalue weighted by atomic mass is 32.2. The maximum atomic E-state index is 12.6. The van der Waals surface area contributed by atoms with E-state index in [2.05, 4.69) is 6.58 Å². The lowest BCUT2D eigenvalue weighted by Gasteiger charge is -2.38. The van der Waals surface area contributed by atoms with Crippen LogP contribution < -0.4 is 5.73 Å². The fourth-order valence-corrected chi connectivity index (χ4v) is 4.37. The smallest absolute Gasteiger partial charge is 0.282 e. The molecule has 0 aromatic rings. The molecule has 0 radical (unpaired) electrons. The summed E-state index contributed by atoms with van der Waals surface area (Å²) in [6.07, 6.45) is 4.45. The van der Waals surface area contributed by atoms with Crippen molar-refractivity contribution in [3.8, 4) is 0 Å². The number of rotatable bonds is 6. The highest BCUT2D eigenvalue weighted by Crippen LogP contribution is 2.23. The largest absolute Gasteiger partial charge is 0.329 e. The van der Waals surface area contributed by atoms with Crippen molar-refractivity contribution in [2.75, 3.05) is 19.6 Å². The molecule has 0 spiro atoms. The SMILES string of the molecule is C=CCN(C(C)C)S(=O)(=O)N1CCCCC1CN. The van der Waals surface area contributed by atoms with Crippen molar-refractivity contribution in [1.29, 1.82) is 0 Å². The monoisotopic (exact) mass is 275 g/mol. The van der Waals surface area contributed by atoms with Crippen molar-refractivity contribution in [3.63, 3.8) is 0 Å². The fraction of sp³-hybridized carbons (Fsp3) is 0.833. The molecule has 5 nitrogen and oxygen atoms in total. The predicted molar refractivity (Wildman–Crippen MR) is 74.4 cm³/mol. The van der Waals surface area contributed by atoms with Crippen LogP contribution in [-0.4, -0.2) is 48.7 Å². The van der Waals surface area contributed by atoms with Gasteiger partial charge in [0.15, 0.2) is 0 Å². The molecule has 1 aliphatic rings. The van der Waals surface area contributed by atoms with E-state index < -0.39 is 10.2 Å². The van der Waals surface area contributed by atoms with Crippen molar-refractivity contribution >= 4 is 10.2 Å². The van der Waals surface area contributed by atoms with Gasteiger partial charge in [-0.1, -0.05) is 12.5 Å². The van der Waals surface area contributed by atoms with E-state index in [-0.39, 0.29) is 12.1 Å². The fourth-order valence-electron chi connectivity index (χ4n) is 2.35. The predicted octanol–water partition coefficient (Wildman–Crippen LogP) is 0.941. The van der Waals surface area contributed by atoms with Gasteiger partial charge in [0.05, 0.1) is 0 Å². The van der Waals surface area contributed by atoms with Gasteiger partial charge < -0.3 is 5.73 Å². The molecule has 0 amide bonds. The second kappa shape index (κ2) is 6.65. The molecular formula is C12H25N3O2S. The summed E-state index contributed by atoms with van der Waals surface area (Å²) in [6.45, 7) is 8.69. The standard InChI is InChI=1S/C12H25N3O2S/c1-4-8-14(11(2)3)18(16,17)15-9-6-5-7-12(15)10-13/h4,11-12H,1,5-10,13H2,2-3H3. The van der Waals surface area contributed by atoms with Crippen molar-refractivity contribution in [1.82, 2.24) is 8.61 Å². The zero-order chi connectivity index (χ0) is 13.8. The van der Waals surface area contributed by atoms with Gasteiger partial charge in [-0.3, -0.25) is 0 Å². The molecule has 0 bridgehead atoms. The third-order valence-electron chi connectivity index (χ3n) is 3.32. The molecule has 18 heavy (non-hydrogen) atoms. The molecule has 1 atom stereocenters. The summed E-state index contributed by atoms with van der Waals surface area (Å²) >= 11 is 0. The molecular weight excluding hydrogens is 250 g/mol. The third kappa shape index (κ3) is 3.32. The van der Waals surface area contributed by atoms with Crippen molar-refractivity contribution in [3.05, 3.63) is 12.7 Å². The molecule has 1 fully saturated rings. The van der Waals surface area contributed by atoms with E-state index in [0.29, 0.717) is 19.6 Å². The Labute approximate surface area is 111 Å². The number of nitrogens with zero attached hydrogens (tertiary/aromatic N) is 2. The Morgan fingerprint density at radius 1 is 1.50 bits per heavy atom. The summed E-state index contributed by atoms with van der Waals surface area (Å²) in [5.74, 6) is 0. The van der Waals surface area contributed by atoms with E-state index >= 15 is 0 Å². The minimum Gasteiger partial charge on any atom is -0.329 e. The summed E-state index contributed by atoms with van der Waals surface area (Å²) in [5.41, 5.74) is 5.70. The lowest BCUT2D eigenvalue weighted by Crippen LogP contribution is -2.54. The zero-order valence-electron chi connectivity index (χ0n) is 11.4. The minimum absolute atomic E-state index is 0.0604. The van der Waals surface area contributed by atoms with E-state index in [4.69, 9.17) is 5.73 Å². The summed E-state index contributed by atoms with van der Waals surface area (Å²) in [6, 6.07) is -0.136. The Morgan fingerprint density at radius 2 is 2.17 bits per heavy atom. The van der Waals surface area contributed by atoms with Gasteiger partial charge in [0.25, 0.3) is 10.2 Å². The zero-order valence-corrected chi connectivity index (χ0v) is 12.2. The second-order valence-corrected chi connectivity index (χ2v) is 6.79. The molecule has 1 unspecified atom stereocenters. The van der Waals surface area contributed by atoms with Crippen LogP contribution in [0.3, 0.4) is 0 Å². The van der Waals surface area contributed by atoms with Crippen LogP contribution in [0.1, 0.15) is 33.1 Å². The summed E-state index contributed by atoms with van der Waals surface area (Å²) in [7, 11) is -3.43. The van der Waals surface area contributed by atoms with Crippen LogP contribution in [0.15, 0.2) is 12.7 Å². The quantitative estimate of drug-likeness (QED) is 0.734. The summed E-state index contributed by atoms with van der Waals surface area (Å²) in [5, 5.41) is 0. The van der Waals surface area contributed by atoms with Gasteiger partial charge in [-0.05, 0) is 26.7 Å². The van der Waals surface area contributed by atoms with Gasteiger partial charge in [-0.15, -0.1) is 6.58 Å². The van der Waals surface area contributed by atoms with Crippen LogP contribution >= 0.6 is 0 Å². The van der Waals surface area contributed by atoms with Crippen molar-refractivity contribution in [2.45, 2.75) is 45.2 Å². The molecule has 1 aliphatic heterocycles. The van der Waals surface area contributed by atoms with Crippen LogP contribution in [-0.2, 0) is 10.2 Å². The Morgan fingerprint density at radius 3 is 2.67 bits per heavy atom. The third-order valence-corrected chi connectivity index (χ3v) is 5.56. The number of hydrogen-bond donors (Lipinski definition) is 1. The Hall–Kier alpha value is -0.430. The molecule has 1 saturated heterocycles. The molecule has 6 heteroatoms. The molecule has 0 aliphatic carbocycles. The Bertz CT molecular complexity index is 368. The van der Waals surface area contributed by atoms with E-state index in [0.717, 1.165) is 19.3 Å².